The van der Waals surface area contributed by atoms with Crippen LogP contribution in [0.15, 0.2) is 24.3 Å². The van der Waals surface area contributed by atoms with E-state index in [-0.39, 0.29) is 26.0 Å². The minimum atomic E-state index is -0.320. The minimum Gasteiger partial charge on any atom is -0.473 e. The van der Waals surface area contributed by atoms with Crippen LogP contribution in [0.2, 0.25) is 0 Å². The Labute approximate surface area is 112 Å². The first-order valence-electron chi connectivity index (χ1n) is 6.12. The molecule has 0 bridgehead atoms. The molecule has 0 spiro atoms. The topological polar surface area (TPSA) is 79.8 Å². The zero-order chi connectivity index (χ0) is 13.9. The van der Waals surface area contributed by atoms with Gasteiger partial charge >= 0.3 is 6.03 Å². The smallest absolute Gasteiger partial charge is 0.317 e. The van der Waals surface area contributed by atoms with E-state index in [1.165, 1.54) is 0 Å². The van der Waals surface area contributed by atoms with Gasteiger partial charge in [-0.1, -0.05) is 17.7 Å². The second kappa shape index (κ2) is 9.18. The summed E-state index contributed by atoms with van der Waals surface area (Å²) in [5.41, 5.74) is 1.15. The Balaban J connectivity index is 2.05. The van der Waals surface area contributed by atoms with E-state index in [2.05, 4.69) is 10.6 Å². The zero-order valence-corrected chi connectivity index (χ0v) is 11.0. The van der Waals surface area contributed by atoms with Crippen LogP contribution in [-0.4, -0.2) is 44.2 Å². The molecule has 0 fully saturated rings. The van der Waals surface area contributed by atoms with Gasteiger partial charge < -0.3 is 25.2 Å². The summed E-state index contributed by atoms with van der Waals surface area (Å²) in [5.74, 6) is 0.706. The van der Waals surface area contributed by atoms with Gasteiger partial charge in [0.25, 0.3) is 0 Å². The molecule has 0 saturated heterocycles. The molecule has 0 saturated carbocycles. The van der Waals surface area contributed by atoms with Crippen molar-refractivity contribution in [1.29, 1.82) is 0 Å². The highest BCUT2D eigenvalue weighted by molar-refractivity contribution is 5.73. The Bertz CT molecular complexity index is 367. The summed E-state index contributed by atoms with van der Waals surface area (Å²) < 4.78 is 10.3. The largest absolute Gasteiger partial charge is 0.473 e. The third-order valence-electron chi connectivity index (χ3n) is 2.26. The molecule has 0 unspecified atom stereocenters. The van der Waals surface area contributed by atoms with E-state index in [0.29, 0.717) is 18.9 Å². The van der Waals surface area contributed by atoms with Gasteiger partial charge in [-0.25, -0.2) is 4.79 Å². The number of nitrogens with one attached hydrogen (secondary N) is 2. The molecule has 0 heterocycles. The van der Waals surface area contributed by atoms with Crippen LogP contribution >= 0.6 is 0 Å². The third-order valence-corrected chi connectivity index (χ3v) is 2.26. The molecule has 0 aliphatic rings. The quantitative estimate of drug-likeness (QED) is 0.477. The van der Waals surface area contributed by atoms with E-state index >= 15 is 0 Å². The highest BCUT2D eigenvalue weighted by Gasteiger charge is 1.99. The molecular formula is C13H20N2O4. The first kappa shape index (κ1) is 15.3. The van der Waals surface area contributed by atoms with E-state index in [9.17, 15) is 4.79 Å². The fourth-order valence-corrected chi connectivity index (χ4v) is 1.29. The Morgan fingerprint density at radius 2 is 1.95 bits per heavy atom. The van der Waals surface area contributed by atoms with Crippen LogP contribution in [0.4, 0.5) is 4.79 Å². The number of aliphatic hydroxyl groups excluding tert-OH is 1. The highest BCUT2D eigenvalue weighted by Crippen LogP contribution is 2.10. The van der Waals surface area contributed by atoms with Crippen LogP contribution in [0.1, 0.15) is 5.56 Å². The average Bonchev–Trinajstić information content (AvgIpc) is 2.41. The molecule has 19 heavy (non-hydrogen) atoms. The van der Waals surface area contributed by atoms with Crippen molar-refractivity contribution in [2.45, 2.75) is 6.92 Å². The Morgan fingerprint density at radius 3 is 2.63 bits per heavy atom. The van der Waals surface area contributed by atoms with Gasteiger partial charge in [-0.15, -0.1) is 0 Å². The predicted molar refractivity (Wildman–Crippen MR) is 71.1 cm³/mol. The van der Waals surface area contributed by atoms with Crippen molar-refractivity contribution in [2.75, 3.05) is 33.1 Å². The number of rotatable bonds is 8. The summed E-state index contributed by atoms with van der Waals surface area (Å²) in [6.45, 7) is 3.11. The molecule has 0 aliphatic carbocycles. The molecule has 106 valence electrons. The van der Waals surface area contributed by atoms with Gasteiger partial charge in [-0.05, 0) is 19.1 Å². The number of hydrogen-bond donors (Lipinski definition) is 3. The van der Waals surface area contributed by atoms with Crippen molar-refractivity contribution in [2.24, 2.45) is 0 Å². The summed E-state index contributed by atoms with van der Waals surface area (Å²) >= 11 is 0. The number of ether oxygens (including phenoxy) is 2. The van der Waals surface area contributed by atoms with Crippen molar-refractivity contribution < 1.29 is 19.4 Å². The van der Waals surface area contributed by atoms with Crippen molar-refractivity contribution in [3.63, 3.8) is 0 Å². The normalized spacial score (nSPS) is 10.0. The number of hydrogen-bond acceptors (Lipinski definition) is 4. The van der Waals surface area contributed by atoms with E-state index < -0.39 is 0 Å². The predicted octanol–water partition coefficient (Wildman–Crippen LogP) is 0.639. The number of urea groups is 1. The Kier molecular flexibility index (Phi) is 7.38. The maximum absolute atomic E-state index is 11.3. The number of carbonyl (C=O) groups is 1. The molecule has 0 aromatic heterocycles. The molecule has 3 N–H and O–H groups in total. The summed E-state index contributed by atoms with van der Waals surface area (Å²) in [7, 11) is 0. The highest BCUT2D eigenvalue weighted by atomic mass is 16.5. The second-order valence-corrected chi connectivity index (χ2v) is 3.87. The molecule has 0 atom stereocenters. The molecule has 6 heteroatoms. The van der Waals surface area contributed by atoms with Gasteiger partial charge in [0.2, 0.25) is 0 Å². The maximum atomic E-state index is 11.3. The molecule has 6 nitrogen and oxygen atoms in total. The zero-order valence-electron chi connectivity index (χ0n) is 11.0. The lowest BCUT2D eigenvalue weighted by molar-refractivity contribution is 0.0945. The second-order valence-electron chi connectivity index (χ2n) is 3.87. The van der Waals surface area contributed by atoms with E-state index in [1.54, 1.807) is 0 Å². The molecule has 2 amide bonds. The maximum Gasteiger partial charge on any atom is 0.317 e. The third kappa shape index (κ3) is 7.28. The Hall–Kier alpha value is -1.79. The van der Waals surface area contributed by atoms with Crippen LogP contribution in [0.5, 0.6) is 5.75 Å². The van der Waals surface area contributed by atoms with Gasteiger partial charge in [0.1, 0.15) is 5.75 Å². The van der Waals surface area contributed by atoms with Gasteiger partial charge in [0.15, 0.2) is 6.73 Å². The number of carbonyl (C=O) groups excluding carboxylic acids is 1. The average molecular weight is 268 g/mol. The van der Waals surface area contributed by atoms with Crippen LogP contribution in [0.3, 0.4) is 0 Å². The van der Waals surface area contributed by atoms with Gasteiger partial charge in [-0.2, -0.15) is 0 Å². The fraction of sp³-hybridized carbons (Fsp3) is 0.462. The number of aryl methyl sites for hydroxylation is 1. The lowest BCUT2D eigenvalue weighted by Crippen LogP contribution is -2.39. The van der Waals surface area contributed by atoms with E-state index in [4.69, 9.17) is 14.6 Å². The Morgan fingerprint density at radius 1 is 1.21 bits per heavy atom. The standard InChI is InChI=1S/C13H20N2O4/c1-11-2-4-12(5-3-11)19-10-15-13(17)14-6-8-18-9-7-16/h2-5,16H,6-10H2,1H3,(H2,14,15,17). The summed E-state index contributed by atoms with van der Waals surface area (Å²) in [5, 5.41) is 13.6. The van der Waals surface area contributed by atoms with E-state index in [0.717, 1.165) is 5.56 Å². The first-order valence-corrected chi connectivity index (χ1v) is 6.12. The van der Waals surface area contributed by atoms with Crippen LogP contribution in [-0.2, 0) is 4.74 Å². The van der Waals surface area contributed by atoms with Crippen LogP contribution in [0, 0.1) is 6.92 Å². The fourth-order valence-electron chi connectivity index (χ4n) is 1.29. The molecular weight excluding hydrogens is 248 g/mol. The molecule has 0 radical (unpaired) electrons. The molecule has 0 aliphatic heterocycles. The molecule has 1 aromatic rings. The summed E-state index contributed by atoms with van der Waals surface area (Å²) in [4.78, 5) is 11.3. The summed E-state index contributed by atoms with van der Waals surface area (Å²) in [6, 6.07) is 7.25. The number of aliphatic hydroxyl groups is 1. The van der Waals surface area contributed by atoms with Crippen molar-refractivity contribution in [3.8, 4) is 5.75 Å². The minimum absolute atomic E-state index is 0.0173. The molecule has 1 rings (SSSR count). The number of amides is 2. The molecule has 1 aromatic carbocycles. The van der Waals surface area contributed by atoms with Crippen molar-refractivity contribution in [3.05, 3.63) is 29.8 Å². The van der Waals surface area contributed by atoms with Gasteiger partial charge in [0, 0.05) is 6.54 Å². The monoisotopic (exact) mass is 268 g/mol. The lowest BCUT2D eigenvalue weighted by Gasteiger charge is -2.09. The summed E-state index contributed by atoms with van der Waals surface area (Å²) in [6.07, 6.45) is 0. The van der Waals surface area contributed by atoms with Crippen LogP contribution in [0.25, 0.3) is 0 Å². The van der Waals surface area contributed by atoms with Crippen molar-refractivity contribution in [1.82, 2.24) is 10.6 Å². The van der Waals surface area contributed by atoms with E-state index in [1.807, 2.05) is 31.2 Å². The van der Waals surface area contributed by atoms with Gasteiger partial charge in [0.05, 0.1) is 19.8 Å². The van der Waals surface area contributed by atoms with Gasteiger partial charge in [-0.3, -0.25) is 0 Å². The first-order chi connectivity index (χ1) is 9.22. The lowest BCUT2D eigenvalue weighted by atomic mass is 10.2. The number of benzene rings is 1. The van der Waals surface area contributed by atoms with Crippen molar-refractivity contribution >= 4 is 6.03 Å². The van der Waals surface area contributed by atoms with Crippen LogP contribution < -0.4 is 15.4 Å². The SMILES string of the molecule is Cc1ccc(OCNC(=O)NCCOCCO)cc1.